The first kappa shape index (κ1) is 9.17. The van der Waals surface area contributed by atoms with Gasteiger partial charge in [-0.05, 0) is 37.8 Å². The zero-order valence-corrected chi connectivity index (χ0v) is 8.41. The molecule has 0 aromatic rings. The highest BCUT2D eigenvalue weighted by Crippen LogP contribution is 2.25. The predicted octanol–water partition coefficient (Wildman–Crippen LogP) is 1.77. The molecule has 0 aromatic carbocycles. The van der Waals surface area contributed by atoms with Gasteiger partial charge in [-0.2, -0.15) is 0 Å². The van der Waals surface area contributed by atoms with Gasteiger partial charge in [-0.15, -0.1) is 0 Å². The van der Waals surface area contributed by atoms with Crippen molar-refractivity contribution >= 4 is 0 Å². The minimum atomic E-state index is 1.19. The molecule has 0 spiro atoms. The van der Waals surface area contributed by atoms with Gasteiger partial charge in [0.05, 0.1) is 11.4 Å². The second kappa shape index (κ2) is 3.65. The van der Waals surface area contributed by atoms with Crippen molar-refractivity contribution in [2.75, 3.05) is 14.1 Å². The van der Waals surface area contributed by atoms with Gasteiger partial charge in [0.25, 0.3) is 0 Å². The molecule has 0 bridgehead atoms. The standard InChI is InChI=1S/C10H18N2/c1-7-5-6-8(2)10(12-4)9(7)11-3/h11-12H,5-6H2,1-4H3. The van der Waals surface area contributed by atoms with Crippen molar-refractivity contribution in [1.29, 1.82) is 0 Å². The van der Waals surface area contributed by atoms with Gasteiger partial charge >= 0.3 is 0 Å². The molecule has 0 fully saturated rings. The molecule has 1 aliphatic rings. The molecule has 2 nitrogen and oxygen atoms in total. The van der Waals surface area contributed by atoms with Crippen molar-refractivity contribution in [3.05, 3.63) is 22.5 Å². The highest BCUT2D eigenvalue weighted by Gasteiger charge is 2.14. The predicted molar refractivity (Wildman–Crippen MR) is 52.8 cm³/mol. The van der Waals surface area contributed by atoms with E-state index in [1.807, 2.05) is 14.1 Å². The fourth-order valence-electron chi connectivity index (χ4n) is 1.73. The molecule has 0 aliphatic heterocycles. The first-order chi connectivity index (χ1) is 5.70. The zero-order valence-electron chi connectivity index (χ0n) is 8.41. The molecule has 0 saturated carbocycles. The van der Waals surface area contributed by atoms with Crippen LogP contribution in [0.15, 0.2) is 22.5 Å². The molecule has 0 heterocycles. The first-order valence-corrected chi connectivity index (χ1v) is 4.46. The van der Waals surface area contributed by atoms with Gasteiger partial charge in [-0.3, -0.25) is 0 Å². The molecule has 2 heteroatoms. The summed E-state index contributed by atoms with van der Waals surface area (Å²) in [4.78, 5) is 0. The van der Waals surface area contributed by atoms with Crippen molar-refractivity contribution in [3.63, 3.8) is 0 Å². The quantitative estimate of drug-likeness (QED) is 0.653. The third kappa shape index (κ3) is 1.47. The first-order valence-electron chi connectivity index (χ1n) is 4.46. The van der Waals surface area contributed by atoms with Crippen LogP contribution in [0.2, 0.25) is 0 Å². The van der Waals surface area contributed by atoms with Crippen LogP contribution in [0.25, 0.3) is 0 Å². The van der Waals surface area contributed by atoms with E-state index in [1.54, 1.807) is 0 Å². The van der Waals surface area contributed by atoms with Crippen molar-refractivity contribution in [1.82, 2.24) is 10.6 Å². The maximum absolute atomic E-state index is 3.24. The highest BCUT2D eigenvalue weighted by atomic mass is 14.9. The van der Waals surface area contributed by atoms with Crippen LogP contribution in [0.5, 0.6) is 0 Å². The largest absolute Gasteiger partial charge is 0.386 e. The zero-order chi connectivity index (χ0) is 9.14. The van der Waals surface area contributed by atoms with E-state index >= 15 is 0 Å². The van der Waals surface area contributed by atoms with Gasteiger partial charge < -0.3 is 10.6 Å². The smallest absolute Gasteiger partial charge is 0.0561 e. The van der Waals surface area contributed by atoms with Gasteiger partial charge in [0.15, 0.2) is 0 Å². The topological polar surface area (TPSA) is 24.1 Å². The number of hydrogen-bond donors (Lipinski definition) is 2. The summed E-state index contributed by atoms with van der Waals surface area (Å²) in [6, 6.07) is 0. The lowest BCUT2D eigenvalue weighted by Gasteiger charge is -2.22. The lowest BCUT2D eigenvalue weighted by molar-refractivity contribution is 0.772. The molecule has 1 aliphatic carbocycles. The Kier molecular flexibility index (Phi) is 2.79. The minimum Gasteiger partial charge on any atom is -0.386 e. The van der Waals surface area contributed by atoms with Crippen molar-refractivity contribution in [3.8, 4) is 0 Å². The lowest BCUT2D eigenvalue weighted by Crippen LogP contribution is -2.23. The molecular formula is C10H18N2. The molecule has 0 aromatic heterocycles. The fourth-order valence-corrected chi connectivity index (χ4v) is 1.73. The summed E-state index contributed by atoms with van der Waals surface area (Å²) in [6.45, 7) is 4.38. The van der Waals surface area contributed by atoms with E-state index in [2.05, 4.69) is 24.5 Å². The summed E-state index contributed by atoms with van der Waals surface area (Å²) in [5.74, 6) is 0. The van der Waals surface area contributed by atoms with Crippen LogP contribution >= 0.6 is 0 Å². The van der Waals surface area contributed by atoms with Crippen molar-refractivity contribution < 1.29 is 0 Å². The van der Waals surface area contributed by atoms with Gasteiger partial charge in [0.1, 0.15) is 0 Å². The molecule has 2 N–H and O–H groups in total. The highest BCUT2D eigenvalue weighted by molar-refractivity contribution is 5.38. The third-order valence-corrected chi connectivity index (χ3v) is 2.48. The van der Waals surface area contributed by atoms with Crippen molar-refractivity contribution in [2.24, 2.45) is 0 Å². The Labute approximate surface area is 74.7 Å². The van der Waals surface area contributed by atoms with E-state index in [1.165, 1.54) is 35.4 Å². The third-order valence-electron chi connectivity index (χ3n) is 2.48. The second-order valence-corrected chi connectivity index (χ2v) is 3.31. The van der Waals surface area contributed by atoms with Gasteiger partial charge in [-0.25, -0.2) is 0 Å². The van der Waals surface area contributed by atoms with E-state index in [-0.39, 0.29) is 0 Å². The van der Waals surface area contributed by atoms with Crippen molar-refractivity contribution in [2.45, 2.75) is 26.7 Å². The molecule has 0 atom stereocenters. The Balaban J connectivity index is 3.02. The summed E-state index contributed by atoms with van der Waals surface area (Å²) in [5.41, 5.74) is 5.46. The molecule has 12 heavy (non-hydrogen) atoms. The fraction of sp³-hybridized carbons (Fsp3) is 0.600. The van der Waals surface area contributed by atoms with E-state index < -0.39 is 0 Å². The van der Waals surface area contributed by atoms with Crippen LogP contribution in [0.3, 0.4) is 0 Å². The maximum Gasteiger partial charge on any atom is 0.0561 e. The van der Waals surface area contributed by atoms with Crippen LogP contribution in [0.4, 0.5) is 0 Å². The molecule has 68 valence electrons. The van der Waals surface area contributed by atoms with Crippen LogP contribution in [-0.2, 0) is 0 Å². The Bertz CT molecular complexity index is 210. The maximum atomic E-state index is 3.24. The normalized spacial score (nSPS) is 18.3. The van der Waals surface area contributed by atoms with E-state index in [9.17, 15) is 0 Å². The van der Waals surface area contributed by atoms with Crippen LogP contribution < -0.4 is 10.6 Å². The Hall–Kier alpha value is -0.920. The molecule has 0 amide bonds. The molecule has 0 unspecified atom stereocenters. The Morgan fingerprint density at radius 1 is 0.833 bits per heavy atom. The number of rotatable bonds is 2. The monoisotopic (exact) mass is 166 g/mol. The average Bonchev–Trinajstić information content (AvgIpc) is 2.08. The second-order valence-electron chi connectivity index (χ2n) is 3.31. The molecule has 0 radical (unpaired) electrons. The Morgan fingerprint density at radius 3 is 1.42 bits per heavy atom. The van der Waals surface area contributed by atoms with Crippen LogP contribution in [0, 0.1) is 0 Å². The number of likely N-dealkylation sites (N-methyl/N-ethyl adjacent to an activating group) is 2. The molecule has 1 rings (SSSR count). The lowest BCUT2D eigenvalue weighted by atomic mass is 9.95. The summed E-state index contributed by atoms with van der Waals surface area (Å²) in [5, 5.41) is 6.49. The molecular weight excluding hydrogens is 148 g/mol. The van der Waals surface area contributed by atoms with Gasteiger partial charge in [-0.1, -0.05) is 0 Å². The number of hydrogen-bond acceptors (Lipinski definition) is 2. The number of nitrogens with one attached hydrogen (secondary N) is 2. The van der Waals surface area contributed by atoms with Gasteiger partial charge in [0, 0.05) is 14.1 Å². The number of allylic oxidation sites excluding steroid dienone is 2. The van der Waals surface area contributed by atoms with Gasteiger partial charge in [0.2, 0.25) is 0 Å². The van der Waals surface area contributed by atoms with Crippen LogP contribution in [0.1, 0.15) is 26.7 Å². The SMILES string of the molecule is CNC1=C(C)CCC(C)=C1NC. The van der Waals surface area contributed by atoms with E-state index in [0.29, 0.717) is 0 Å². The summed E-state index contributed by atoms with van der Waals surface area (Å²) in [6.07, 6.45) is 2.38. The molecule has 0 saturated heterocycles. The Morgan fingerprint density at radius 2 is 1.17 bits per heavy atom. The van der Waals surface area contributed by atoms with E-state index in [0.717, 1.165) is 0 Å². The van der Waals surface area contributed by atoms with Crippen LogP contribution in [-0.4, -0.2) is 14.1 Å². The summed E-state index contributed by atoms with van der Waals surface area (Å²) in [7, 11) is 3.96. The summed E-state index contributed by atoms with van der Waals surface area (Å²) >= 11 is 0. The minimum absolute atomic E-state index is 1.19. The summed E-state index contributed by atoms with van der Waals surface area (Å²) < 4.78 is 0. The average molecular weight is 166 g/mol. The van der Waals surface area contributed by atoms with E-state index in [4.69, 9.17) is 0 Å².